The maximum Gasteiger partial charge on any atom is 0.344 e. The van der Waals surface area contributed by atoms with Crippen molar-refractivity contribution in [3.8, 4) is 5.88 Å². The molecule has 0 aliphatic carbocycles. The number of hydrogen-bond donors (Lipinski definition) is 4. The number of β-amino-alcohol motifs (C(OH)–C–C–N with tert-alkyl or cyclic N) is 1. The first kappa shape index (κ1) is 29.0. The quantitative estimate of drug-likeness (QED) is 0.217. The average molecular weight is 562 g/mol. The Morgan fingerprint density at radius 1 is 1.08 bits per heavy atom. The Bertz CT molecular complexity index is 1070. The van der Waals surface area contributed by atoms with Crippen LogP contribution in [0.25, 0.3) is 0 Å². The number of carboxylic acids is 1. The van der Waals surface area contributed by atoms with E-state index in [9.17, 15) is 23.5 Å². The number of aliphatic hydroxyl groups is 1. The van der Waals surface area contributed by atoms with Gasteiger partial charge in [0.15, 0.2) is 5.56 Å². The van der Waals surface area contributed by atoms with Crippen molar-refractivity contribution in [1.29, 1.82) is 0 Å². The van der Waals surface area contributed by atoms with Crippen molar-refractivity contribution in [3.05, 3.63) is 39.9 Å². The Hall–Kier alpha value is -2.58. The summed E-state index contributed by atoms with van der Waals surface area (Å²) >= 11 is 6.23. The van der Waals surface area contributed by atoms with Crippen molar-refractivity contribution in [2.24, 2.45) is 0 Å². The second-order valence-corrected chi connectivity index (χ2v) is 9.67. The molecule has 4 N–H and O–H groups in total. The largest absolute Gasteiger partial charge is 0.477 e. The van der Waals surface area contributed by atoms with Crippen LogP contribution in [0.3, 0.4) is 0 Å². The third-order valence-electron chi connectivity index (χ3n) is 5.87. The lowest BCUT2D eigenvalue weighted by molar-refractivity contribution is 0.0693. The number of carbonyl (C=O) groups excluding carboxylic acids is 1. The number of carbonyl (C=O) groups is 2. The molecule has 204 valence electrons. The number of benzene rings is 1. The molecule has 10 nitrogen and oxygen atoms in total. The number of aromatic carboxylic acids is 1. The van der Waals surface area contributed by atoms with Gasteiger partial charge in [0.25, 0.3) is 0 Å². The van der Waals surface area contributed by atoms with Gasteiger partial charge in [0, 0.05) is 44.8 Å². The van der Waals surface area contributed by atoms with E-state index in [1.807, 2.05) is 0 Å². The zero-order chi connectivity index (χ0) is 26.8. The van der Waals surface area contributed by atoms with Crippen molar-refractivity contribution >= 4 is 40.1 Å². The number of ether oxygens (including phenoxy) is 1. The Morgan fingerprint density at radius 3 is 2.46 bits per heavy atom. The monoisotopic (exact) mass is 561 g/mol. The van der Waals surface area contributed by atoms with E-state index in [2.05, 4.69) is 24.8 Å². The Balaban J connectivity index is 1.39. The number of rotatable bonds is 13. The van der Waals surface area contributed by atoms with E-state index in [1.54, 1.807) is 0 Å². The maximum atomic E-state index is 14.0. The molecule has 0 unspecified atom stereocenters. The van der Waals surface area contributed by atoms with Gasteiger partial charge in [0.1, 0.15) is 23.2 Å². The van der Waals surface area contributed by atoms with Crippen molar-refractivity contribution in [1.82, 2.24) is 19.5 Å². The minimum atomic E-state index is -1.39. The van der Waals surface area contributed by atoms with Gasteiger partial charge in [-0.3, -0.25) is 10.2 Å². The predicted molar refractivity (Wildman–Crippen MR) is 136 cm³/mol. The summed E-state index contributed by atoms with van der Waals surface area (Å²) in [6.45, 7) is 5.72. The second-order valence-electron chi connectivity index (χ2n) is 8.49. The lowest BCUT2D eigenvalue weighted by Crippen LogP contribution is -2.47. The first-order valence-corrected chi connectivity index (χ1v) is 13.0. The number of unbranched alkanes of at least 4 members (excludes halogenated alkanes) is 2. The molecule has 3 rings (SSSR count). The van der Waals surface area contributed by atoms with Crippen LogP contribution in [0.1, 0.15) is 35.2 Å². The van der Waals surface area contributed by atoms with Gasteiger partial charge in [-0.15, -0.1) is 0 Å². The molecular formula is C23H30ClF2N5O5S. The first-order chi connectivity index (χ1) is 17.8. The maximum absolute atomic E-state index is 14.0. The van der Waals surface area contributed by atoms with Crippen LogP contribution < -0.4 is 15.4 Å². The molecule has 0 atom stereocenters. The van der Waals surface area contributed by atoms with Crippen LogP contribution >= 0.6 is 23.1 Å². The van der Waals surface area contributed by atoms with Crippen LogP contribution in [0.2, 0.25) is 5.02 Å². The van der Waals surface area contributed by atoms with E-state index in [4.69, 9.17) is 21.4 Å². The molecule has 1 aromatic heterocycles. The first-order valence-electron chi connectivity index (χ1n) is 11.9. The van der Waals surface area contributed by atoms with E-state index in [0.29, 0.717) is 18.1 Å². The minimum absolute atomic E-state index is 0.0388. The smallest absolute Gasteiger partial charge is 0.344 e. The number of anilines is 1. The number of nitrogens with zero attached hydrogens (tertiary/aromatic N) is 3. The Morgan fingerprint density at radius 2 is 1.78 bits per heavy atom. The van der Waals surface area contributed by atoms with Crippen LogP contribution in [0.5, 0.6) is 5.88 Å². The van der Waals surface area contributed by atoms with Gasteiger partial charge in [-0.1, -0.05) is 18.0 Å². The molecule has 0 radical (unpaired) electrons. The molecule has 2 amide bonds. The normalized spacial score (nSPS) is 14.5. The van der Waals surface area contributed by atoms with E-state index in [0.717, 1.165) is 70.7 Å². The number of amides is 2. The van der Waals surface area contributed by atoms with E-state index >= 15 is 0 Å². The van der Waals surface area contributed by atoms with Gasteiger partial charge >= 0.3 is 12.0 Å². The van der Waals surface area contributed by atoms with Crippen molar-refractivity contribution in [2.45, 2.75) is 25.9 Å². The predicted octanol–water partition coefficient (Wildman–Crippen LogP) is 3.25. The summed E-state index contributed by atoms with van der Waals surface area (Å²) in [6, 6.07) is 1.08. The summed E-state index contributed by atoms with van der Waals surface area (Å²) < 4.78 is 36.7. The fraction of sp³-hybridized carbons (Fsp3) is 0.522. The van der Waals surface area contributed by atoms with Gasteiger partial charge in [-0.2, -0.15) is 4.37 Å². The van der Waals surface area contributed by atoms with Crippen LogP contribution in [0, 0.1) is 11.6 Å². The van der Waals surface area contributed by atoms with Gasteiger partial charge in [-0.05, 0) is 43.1 Å². The highest BCUT2D eigenvalue weighted by molar-refractivity contribution is 7.11. The lowest BCUT2D eigenvalue weighted by Gasteiger charge is -2.34. The molecule has 2 aromatic rings. The number of aliphatic hydroxyl groups excluding tert-OH is 1. The average Bonchev–Trinajstić information content (AvgIpc) is 3.26. The molecule has 0 saturated carbocycles. The standard InChI is InChI=1S/C23H30ClF2N5O5S/c24-16-13-17(25)15(12-18(16)26)14-36-20-19(22(33)34)21(37-29-20)28-23(35)27-4-2-1-3-5-30-6-8-31(9-7-30)10-11-32/h12-13,32H,1-11,14H2,(H,33,34)(H2,27,28,35). The highest BCUT2D eigenvalue weighted by Crippen LogP contribution is 2.31. The van der Waals surface area contributed by atoms with E-state index in [-0.39, 0.29) is 33.6 Å². The summed E-state index contributed by atoms with van der Waals surface area (Å²) in [5.41, 5.74) is -0.545. The van der Waals surface area contributed by atoms with Gasteiger partial charge < -0.3 is 25.2 Å². The van der Waals surface area contributed by atoms with Crippen LogP contribution in [0.15, 0.2) is 12.1 Å². The molecule has 0 bridgehead atoms. The number of carboxylic acid groups (broad SMARTS) is 1. The SMILES string of the molecule is O=C(NCCCCCN1CCN(CCO)CC1)Nc1snc(OCc2cc(F)c(Cl)cc2F)c1C(=O)O. The van der Waals surface area contributed by atoms with E-state index in [1.165, 1.54) is 0 Å². The van der Waals surface area contributed by atoms with Crippen LogP contribution in [-0.2, 0) is 6.61 Å². The fourth-order valence-electron chi connectivity index (χ4n) is 3.83. The number of nitrogens with one attached hydrogen (secondary N) is 2. The molecule has 1 fully saturated rings. The molecule has 1 saturated heterocycles. The number of hydrogen-bond acceptors (Lipinski definition) is 8. The molecular weight excluding hydrogens is 532 g/mol. The molecule has 1 aromatic carbocycles. The molecule has 1 aliphatic heterocycles. The molecule has 37 heavy (non-hydrogen) atoms. The summed E-state index contributed by atoms with van der Waals surface area (Å²) in [7, 11) is 0. The molecule has 1 aliphatic rings. The third kappa shape index (κ3) is 8.75. The van der Waals surface area contributed by atoms with Crippen LogP contribution in [0.4, 0.5) is 18.6 Å². The summed E-state index contributed by atoms with van der Waals surface area (Å²) in [5, 5.41) is 23.3. The van der Waals surface area contributed by atoms with Crippen molar-refractivity contribution < 1.29 is 33.3 Å². The zero-order valence-corrected chi connectivity index (χ0v) is 21.7. The fourth-order valence-corrected chi connectivity index (χ4v) is 4.71. The molecule has 0 spiro atoms. The summed E-state index contributed by atoms with van der Waals surface area (Å²) in [5.74, 6) is -3.36. The Kier molecular flexibility index (Phi) is 11.3. The summed E-state index contributed by atoms with van der Waals surface area (Å²) in [6.07, 6.45) is 2.70. The van der Waals surface area contributed by atoms with Crippen molar-refractivity contribution in [3.63, 3.8) is 0 Å². The number of urea groups is 1. The van der Waals surface area contributed by atoms with Gasteiger partial charge in [-0.25, -0.2) is 18.4 Å². The second kappa shape index (κ2) is 14.4. The lowest BCUT2D eigenvalue weighted by atomic mass is 10.2. The molecule has 2 heterocycles. The van der Waals surface area contributed by atoms with Gasteiger partial charge in [0.05, 0.1) is 11.6 Å². The van der Waals surface area contributed by atoms with E-state index < -0.39 is 30.2 Å². The zero-order valence-electron chi connectivity index (χ0n) is 20.1. The molecule has 14 heteroatoms. The topological polar surface area (TPSA) is 127 Å². The number of aromatic nitrogens is 1. The highest BCUT2D eigenvalue weighted by atomic mass is 35.5. The minimum Gasteiger partial charge on any atom is -0.477 e. The Labute approximate surface area is 222 Å². The third-order valence-corrected chi connectivity index (χ3v) is 6.91. The summed E-state index contributed by atoms with van der Waals surface area (Å²) in [4.78, 5) is 28.6. The number of halogens is 3. The van der Waals surface area contributed by atoms with Gasteiger partial charge in [0.2, 0.25) is 5.88 Å². The van der Waals surface area contributed by atoms with Crippen molar-refractivity contribution in [2.75, 3.05) is 57.7 Å². The highest BCUT2D eigenvalue weighted by Gasteiger charge is 2.24. The van der Waals surface area contributed by atoms with Crippen LogP contribution in [-0.4, -0.2) is 88.8 Å². The number of piperazine rings is 1.